The number of rotatable bonds is 4. The molecular formula is C6H3F7O2. The lowest BCUT2D eigenvalue weighted by atomic mass is 10.1. The van der Waals surface area contributed by atoms with Crippen LogP contribution in [0.5, 0.6) is 0 Å². The van der Waals surface area contributed by atoms with Gasteiger partial charge in [0.2, 0.25) is 11.7 Å². The summed E-state index contributed by atoms with van der Waals surface area (Å²) in [6, 6.07) is 0. The number of allylic oxidation sites excluding steroid dienone is 1. The Kier molecular flexibility index (Phi) is 3.72. The summed E-state index contributed by atoms with van der Waals surface area (Å²) in [5, 5.41) is 7.71. The van der Waals surface area contributed by atoms with Gasteiger partial charge in [0, 0.05) is 0 Å². The van der Waals surface area contributed by atoms with Crippen LogP contribution in [-0.4, -0.2) is 29.6 Å². The summed E-state index contributed by atoms with van der Waals surface area (Å²) >= 11 is 0. The van der Waals surface area contributed by atoms with Gasteiger partial charge < -0.3 is 5.11 Å². The van der Waals surface area contributed by atoms with E-state index in [1.165, 1.54) is 0 Å². The van der Waals surface area contributed by atoms with Gasteiger partial charge >= 0.3 is 17.8 Å². The first-order chi connectivity index (χ1) is 6.58. The molecule has 2 nitrogen and oxygen atoms in total. The van der Waals surface area contributed by atoms with Gasteiger partial charge in [-0.2, -0.15) is 22.0 Å². The van der Waals surface area contributed by atoms with Crippen LogP contribution in [-0.2, 0) is 4.79 Å². The van der Waals surface area contributed by atoms with Crippen molar-refractivity contribution in [2.75, 3.05) is 6.67 Å². The molecule has 0 saturated heterocycles. The van der Waals surface area contributed by atoms with Gasteiger partial charge in [-0.1, -0.05) is 0 Å². The minimum atomic E-state index is -5.84. The Hall–Kier alpha value is -1.28. The van der Waals surface area contributed by atoms with Gasteiger partial charge in [0.05, 0.1) is 0 Å². The summed E-state index contributed by atoms with van der Waals surface area (Å²) in [7, 11) is 0. The number of hydrogen-bond donors (Lipinski definition) is 1. The maximum atomic E-state index is 12.3. The van der Waals surface area contributed by atoms with Crippen LogP contribution in [0.3, 0.4) is 0 Å². The first-order valence-electron chi connectivity index (χ1n) is 3.18. The van der Waals surface area contributed by atoms with Gasteiger partial charge in [0.25, 0.3) is 0 Å². The number of aliphatic carboxylic acids is 1. The van der Waals surface area contributed by atoms with Crippen molar-refractivity contribution < 1.29 is 40.6 Å². The topological polar surface area (TPSA) is 37.3 Å². The first-order valence-corrected chi connectivity index (χ1v) is 3.18. The van der Waals surface area contributed by atoms with E-state index in [0.29, 0.717) is 0 Å². The van der Waals surface area contributed by atoms with Gasteiger partial charge in [0.1, 0.15) is 0 Å². The van der Waals surface area contributed by atoms with E-state index in [1.54, 1.807) is 0 Å². The van der Waals surface area contributed by atoms with E-state index in [9.17, 15) is 35.5 Å². The molecule has 0 aromatic carbocycles. The van der Waals surface area contributed by atoms with Gasteiger partial charge in [-0.05, 0) is 0 Å². The predicted molar refractivity (Wildman–Crippen MR) is 32.7 cm³/mol. The monoisotopic (exact) mass is 240 g/mol. The van der Waals surface area contributed by atoms with Crippen molar-refractivity contribution >= 4 is 5.97 Å². The molecule has 0 aliphatic heterocycles. The highest BCUT2D eigenvalue weighted by molar-refractivity contribution is 5.84. The molecule has 0 aliphatic rings. The molecule has 1 N–H and O–H groups in total. The van der Waals surface area contributed by atoms with Crippen LogP contribution in [0.4, 0.5) is 30.7 Å². The molecule has 0 spiro atoms. The SMILES string of the molecule is O=C(O)/C(F)=C(/F)C(F)(F)C(F)(F)CF. The lowest BCUT2D eigenvalue weighted by Crippen LogP contribution is -2.43. The lowest BCUT2D eigenvalue weighted by molar-refractivity contribution is -0.203. The maximum Gasteiger partial charge on any atom is 0.367 e. The molecule has 0 bridgehead atoms. The Balaban J connectivity index is 5.40. The number of alkyl halides is 5. The zero-order valence-corrected chi connectivity index (χ0v) is 6.71. The molecule has 0 rings (SSSR count). The highest BCUT2D eigenvalue weighted by Gasteiger charge is 2.61. The third kappa shape index (κ3) is 2.39. The zero-order valence-electron chi connectivity index (χ0n) is 6.71. The van der Waals surface area contributed by atoms with Gasteiger partial charge in [0.15, 0.2) is 6.67 Å². The minimum Gasteiger partial charge on any atom is -0.476 e. The van der Waals surface area contributed by atoms with Crippen LogP contribution in [0.1, 0.15) is 0 Å². The van der Waals surface area contributed by atoms with E-state index in [-0.39, 0.29) is 0 Å². The van der Waals surface area contributed by atoms with E-state index in [0.717, 1.165) is 0 Å². The molecule has 9 heteroatoms. The molecule has 0 unspecified atom stereocenters. The molecule has 0 aromatic heterocycles. The number of halogens is 7. The molecule has 0 atom stereocenters. The van der Waals surface area contributed by atoms with Crippen molar-refractivity contribution in [3.63, 3.8) is 0 Å². The molecule has 15 heavy (non-hydrogen) atoms. The average Bonchev–Trinajstić information content (AvgIpc) is 2.14. The van der Waals surface area contributed by atoms with E-state index in [4.69, 9.17) is 5.11 Å². The molecule has 0 heterocycles. The molecule has 0 aromatic rings. The fourth-order valence-corrected chi connectivity index (χ4v) is 0.476. The van der Waals surface area contributed by atoms with Gasteiger partial charge in [-0.3, -0.25) is 0 Å². The number of carboxylic acids is 1. The van der Waals surface area contributed by atoms with Crippen molar-refractivity contribution in [3.8, 4) is 0 Å². The normalized spacial score (nSPS) is 14.9. The van der Waals surface area contributed by atoms with Crippen molar-refractivity contribution in [1.82, 2.24) is 0 Å². The van der Waals surface area contributed by atoms with Crippen molar-refractivity contribution in [3.05, 3.63) is 11.7 Å². The molecular weight excluding hydrogens is 237 g/mol. The van der Waals surface area contributed by atoms with E-state index in [2.05, 4.69) is 0 Å². The number of carbonyl (C=O) groups is 1. The molecule has 0 aliphatic carbocycles. The Labute approximate surface area is 78.0 Å². The van der Waals surface area contributed by atoms with Crippen LogP contribution in [0.25, 0.3) is 0 Å². The summed E-state index contributed by atoms with van der Waals surface area (Å²) in [4.78, 5) is 9.66. The molecule has 0 saturated carbocycles. The Bertz CT molecular complexity index is 296. The van der Waals surface area contributed by atoms with Crippen molar-refractivity contribution in [2.24, 2.45) is 0 Å². The second-order valence-corrected chi connectivity index (χ2v) is 2.35. The summed E-state index contributed by atoms with van der Waals surface area (Å²) in [6.07, 6.45) is 0. The average molecular weight is 240 g/mol. The van der Waals surface area contributed by atoms with Crippen LogP contribution >= 0.6 is 0 Å². The Morgan fingerprint density at radius 3 is 1.80 bits per heavy atom. The third-order valence-electron chi connectivity index (χ3n) is 1.28. The van der Waals surface area contributed by atoms with Gasteiger partial charge in [-0.25, -0.2) is 13.6 Å². The predicted octanol–water partition coefficient (Wildman–Crippen LogP) is 2.46. The summed E-state index contributed by atoms with van der Waals surface area (Å²) in [5.41, 5.74) is 0. The van der Waals surface area contributed by atoms with Crippen LogP contribution in [0.15, 0.2) is 11.7 Å². The van der Waals surface area contributed by atoms with Crippen LogP contribution in [0.2, 0.25) is 0 Å². The summed E-state index contributed by atoms with van der Waals surface area (Å²) in [6.45, 7) is -2.96. The largest absolute Gasteiger partial charge is 0.476 e. The van der Waals surface area contributed by atoms with Crippen LogP contribution < -0.4 is 0 Å². The first kappa shape index (κ1) is 13.7. The minimum absolute atomic E-state index is 2.79. The summed E-state index contributed by atoms with van der Waals surface area (Å²) < 4.78 is 84.3. The maximum absolute atomic E-state index is 12.3. The standard InChI is InChI=1S/C6H3F7O2/c7-1-5(10,11)6(12,13)3(9)2(8)4(14)15/h1H2,(H,14,15)/b3-2-. The number of hydrogen-bond acceptors (Lipinski definition) is 1. The highest BCUT2D eigenvalue weighted by Crippen LogP contribution is 2.42. The molecule has 0 fully saturated rings. The second-order valence-electron chi connectivity index (χ2n) is 2.35. The van der Waals surface area contributed by atoms with Crippen molar-refractivity contribution in [1.29, 1.82) is 0 Å². The van der Waals surface area contributed by atoms with E-state index < -0.39 is 36.1 Å². The molecule has 88 valence electrons. The smallest absolute Gasteiger partial charge is 0.367 e. The second kappa shape index (κ2) is 4.07. The zero-order chi connectivity index (χ0) is 12.4. The Morgan fingerprint density at radius 1 is 1.13 bits per heavy atom. The lowest BCUT2D eigenvalue weighted by Gasteiger charge is -2.22. The summed E-state index contributed by atoms with van der Waals surface area (Å²) in [5.74, 6) is -20.7. The van der Waals surface area contributed by atoms with E-state index in [1.807, 2.05) is 0 Å². The third-order valence-corrected chi connectivity index (χ3v) is 1.28. The quantitative estimate of drug-likeness (QED) is 0.605. The molecule has 0 amide bonds. The van der Waals surface area contributed by atoms with E-state index >= 15 is 0 Å². The fraction of sp³-hybridized carbons (Fsp3) is 0.500. The van der Waals surface area contributed by atoms with Gasteiger partial charge in [-0.15, -0.1) is 0 Å². The fourth-order valence-electron chi connectivity index (χ4n) is 0.476. The molecule has 0 radical (unpaired) electrons. The Morgan fingerprint density at radius 2 is 1.53 bits per heavy atom. The van der Waals surface area contributed by atoms with Crippen LogP contribution in [0, 0.1) is 0 Å². The highest BCUT2D eigenvalue weighted by atomic mass is 19.3. The number of carboxylic acid groups (broad SMARTS) is 1. The van der Waals surface area contributed by atoms with Crippen molar-refractivity contribution in [2.45, 2.75) is 11.8 Å².